The highest BCUT2D eigenvalue weighted by atomic mass is 16.6. The molecule has 3 saturated heterocycles. The van der Waals surface area contributed by atoms with Crippen LogP contribution in [0, 0.1) is 17.3 Å². The van der Waals surface area contributed by atoms with Crippen molar-refractivity contribution in [2.75, 3.05) is 0 Å². The van der Waals surface area contributed by atoms with E-state index in [0.29, 0.717) is 5.57 Å². The molecule has 0 aromatic rings. The van der Waals surface area contributed by atoms with Crippen molar-refractivity contribution in [2.45, 2.75) is 68.4 Å². The van der Waals surface area contributed by atoms with Gasteiger partial charge in [-0.15, -0.1) is 13.2 Å². The van der Waals surface area contributed by atoms with Crippen LogP contribution in [-0.4, -0.2) is 64.9 Å². The van der Waals surface area contributed by atoms with Gasteiger partial charge in [0.2, 0.25) is 0 Å². The van der Waals surface area contributed by atoms with E-state index in [1.165, 1.54) is 6.26 Å². The van der Waals surface area contributed by atoms with Gasteiger partial charge in [-0.1, -0.05) is 12.2 Å². The molecule has 1 unspecified atom stereocenters. The third-order valence-electron chi connectivity index (χ3n) is 9.10. The second kappa shape index (κ2) is 5.93. The molecule has 0 aromatic heterocycles. The second-order valence-electron chi connectivity index (χ2n) is 10.5. The van der Waals surface area contributed by atoms with Crippen LogP contribution < -0.4 is 0 Å². The van der Waals surface area contributed by atoms with Gasteiger partial charge in [-0.25, -0.2) is 0 Å². The van der Waals surface area contributed by atoms with Crippen LogP contribution in [0.2, 0.25) is 0 Å². The molecule has 8 heteroatoms. The molecule has 8 aliphatic rings. The summed E-state index contributed by atoms with van der Waals surface area (Å²) >= 11 is 0. The Bertz CT molecular complexity index is 1230. The highest BCUT2D eigenvalue weighted by molar-refractivity contribution is 6.25. The van der Waals surface area contributed by atoms with Crippen molar-refractivity contribution < 1.29 is 38.1 Å². The van der Waals surface area contributed by atoms with Crippen molar-refractivity contribution >= 4 is 23.1 Å². The zero-order chi connectivity index (χ0) is 23.9. The molecule has 8 nitrogen and oxygen atoms in total. The van der Waals surface area contributed by atoms with Gasteiger partial charge in [-0.3, -0.25) is 19.2 Å². The average Bonchev–Trinajstić information content (AvgIpc) is 3.71. The molecule has 1 spiro atoms. The molecule has 5 heterocycles. The Labute approximate surface area is 195 Å². The van der Waals surface area contributed by atoms with E-state index in [1.807, 2.05) is 13.8 Å². The summed E-state index contributed by atoms with van der Waals surface area (Å²) in [5.74, 6) is -2.40. The van der Waals surface area contributed by atoms with Crippen molar-refractivity contribution in [2.24, 2.45) is 17.3 Å². The van der Waals surface area contributed by atoms with E-state index < -0.39 is 59.0 Å². The van der Waals surface area contributed by atoms with Gasteiger partial charge in [0, 0.05) is 41.4 Å². The van der Waals surface area contributed by atoms with Gasteiger partial charge in [0.1, 0.15) is 11.5 Å². The molecule has 34 heavy (non-hydrogen) atoms. The third kappa shape index (κ3) is 1.86. The molecule has 0 radical (unpaired) electrons. The molecular formula is C26H24O8. The number of rotatable bonds is 4. The maximum absolute atomic E-state index is 14.4. The minimum Gasteiger partial charge on any atom is -0.498 e. The summed E-state index contributed by atoms with van der Waals surface area (Å²) in [6.45, 7) is 11.1. The van der Waals surface area contributed by atoms with Crippen molar-refractivity contribution in [1.29, 1.82) is 0 Å². The molecule has 1 saturated carbocycles. The van der Waals surface area contributed by atoms with Crippen LogP contribution in [-0.2, 0) is 38.1 Å². The first-order valence-corrected chi connectivity index (χ1v) is 11.7. The fourth-order valence-electron chi connectivity index (χ4n) is 7.73. The Morgan fingerprint density at radius 3 is 2.24 bits per heavy atom. The van der Waals surface area contributed by atoms with Crippen molar-refractivity contribution in [3.05, 3.63) is 48.3 Å². The maximum Gasteiger partial charge on any atom is 0.195 e. The number of epoxide rings is 2. The molecule has 2 bridgehead atoms. The summed E-state index contributed by atoms with van der Waals surface area (Å²) in [5, 5.41) is 0. The largest absolute Gasteiger partial charge is 0.498 e. The Morgan fingerprint density at radius 1 is 0.882 bits per heavy atom. The molecule has 0 aromatic carbocycles. The lowest BCUT2D eigenvalue weighted by Gasteiger charge is -2.62. The number of Topliss-reactive ketones (excluding diaryl/α,β-unsaturated/α-hetero) is 4. The smallest absolute Gasteiger partial charge is 0.195 e. The van der Waals surface area contributed by atoms with E-state index in [2.05, 4.69) is 13.2 Å². The maximum atomic E-state index is 14.4. The van der Waals surface area contributed by atoms with Gasteiger partial charge in [0.25, 0.3) is 0 Å². The van der Waals surface area contributed by atoms with Crippen molar-refractivity contribution in [3.63, 3.8) is 0 Å². The molecule has 8 rings (SSSR count). The number of fused-ring (bicyclic) bond motifs is 3. The summed E-state index contributed by atoms with van der Waals surface area (Å²) < 4.78 is 23.8. The van der Waals surface area contributed by atoms with Crippen molar-refractivity contribution in [1.82, 2.24) is 0 Å². The van der Waals surface area contributed by atoms with Crippen LogP contribution in [0.25, 0.3) is 0 Å². The van der Waals surface area contributed by atoms with Gasteiger partial charge in [0.15, 0.2) is 46.5 Å². The average molecular weight is 464 g/mol. The second-order valence-corrected chi connectivity index (χ2v) is 10.5. The highest BCUT2D eigenvalue weighted by Crippen LogP contribution is 2.69. The summed E-state index contributed by atoms with van der Waals surface area (Å²) in [5.41, 5.74) is -3.28. The van der Waals surface area contributed by atoms with E-state index in [0.717, 1.165) is 0 Å². The first-order chi connectivity index (χ1) is 16.2. The fraction of sp³-hybridized carbons (Fsp3) is 0.538. The molecule has 3 aliphatic carbocycles. The minimum atomic E-state index is -1.47. The Balaban J connectivity index is 1.50. The predicted octanol–water partition coefficient (Wildman–Crippen LogP) is 1.34. The summed E-state index contributed by atoms with van der Waals surface area (Å²) in [6, 6.07) is 0. The highest BCUT2D eigenvalue weighted by Gasteiger charge is 2.84. The van der Waals surface area contributed by atoms with Crippen LogP contribution >= 0.6 is 0 Å². The van der Waals surface area contributed by atoms with Crippen LogP contribution in [0.3, 0.4) is 0 Å². The third-order valence-corrected chi connectivity index (χ3v) is 9.10. The number of ketones is 4. The zero-order valence-electron chi connectivity index (χ0n) is 18.9. The topological polar surface area (TPSA) is 112 Å². The summed E-state index contributed by atoms with van der Waals surface area (Å²) in [4.78, 5) is 55.5. The molecule has 5 aliphatic heterocycles. The molecular weight excluding hydrogens is 440 g/mol. The molecule has 4 fully saturated rings. The monoisotopic (exact) mass is 464 g/mol. The van der Waals surface area contributed by atoms with Crippen LogP contribution in [0.15, 0.2) is 48.3 Å². The minimum absolute atomic E-state index is 0.177. The standard InChI is InChI=1S/C26H24O8/c1-5-7-24-19(29)14-13-10(3)32-20(15(14)18(28)22(24)33-24)26-12(9-31-11(4)16(13)26)17(27)21-25(34-21,8-6-2)23(26)30/h5-6,9-11,13,16,20-22H,1-2,7-8H2,3-4H3/t10?,11-,13-,16-,20+,21-,22-,24+,25-,26+/m0/s1. The number of carbonyl (C=O) groups is 4. The molecule has 0 amide bonds. The quantitative estimate of drug-likeness (QED) is 0.453. The van der Waals surface area contributed by atoms with Gasteiger partial charge in [0.05, 0.1) is 18.5 Å². The summed E-state index contributed by atoms with van der Waals surface area (Å²) in [7, 11) is 0. The van der Waals surface area contributed by atoms with Gasteiger partial charge in [-0.2, -0.15) is 0 Å². The molecule has 0 N–H and O–H groups in total. The number of hydrogen-bond acceptors (Lipinski definition) is 8. The Kier molecular flexibility index (Phi) is 3.60. The normalized spacial score (nSPS) is 51.4. The lowest BCUT2D eigenvalue weighted by molar-refractivity contribution is -0.206. The SMILES string of the molecule is C=CC[C@]12O[C@H]1C(=O)C1=C(C2=O)[C@@H]2C(C)O[C@H]1[C@@]13C(=O)[C@@]4(CC=C)O[C@H]4C(=O)C1=CO[C@@H](C)[C@@H]23. The van der Waals surface area contributed by atoms with Gasteiger partial charge in [-0.05, 0) is 13.8 Å². The fourth-order valence-corrected chi connectivity index (χ4v) is 7.73. The lowest BCUT2D eigenvalue weighted by atomic mass is 9.44. The van der Waals surface area contributed by atoms with Gasteiger partial charge < -0.3 is 18.9 Å². The zero-order valence-corrected chi connectivity index (χ0v) is 18.9. The van der Waals surface area contributed by atoms with E-state index in [-0.39, 0.29) is 47.1 Å². The van der Waals surface area contributed by atoms with Crippen LogP contribution in [0.5, 0.6) is 0 Å². The number of hydrogen-bond donors (Lipinski definition) is 0. The van der Waals surface area contributed by atoms with Crippen LogP contribution in [0.4, 0.5) is 0 Å². The van der Waals surface area contributed by atoms with Gasteiger partial charge >= 0.3 is 0 Å². The summed E-state index contributed by atoms with van der Waals surface area (Å²) in [6.07, 6.45) is 1.05. The van der Waals surface area contributed by atoms with E-state index in [1.54, 1.807) is 12.2 Å². The molecule has 176 valence electrons. The first-order valence-electron chi connectivity index (χ1n) is 11.7. The van der Waals surface area contributed by atoms with E-state index in [9.17, 15) is 19.2 Å². The lowest BCUT2D eigenvalue weighted by Crippen LogP contribution is -2.73. The number of carbonyl (C=O) groups excluding carboxylic acids is 4. The first kappa shape index (κ1) is 20.7. The van der Waals surface area contributed by atoms with E-state index >= 15 is 0 Å². The predicted molar refractivity (Wildman–Crippen MR) is 114 cm³/mol. The van der Waals surface area contributed by atoms with Crippen LogP contribution in [0.1, 0.15) is 26.7 Å². The molecule has 10 atom stereocenters. The van der Waals surface area contributed by atoms with E-state index in [4.69, 9.17) is 18.9 Å². The Morgan fingerprint density at radius 2 is 1.53 bits per heavy atom. The Hall–Kier alpha value is -2.68. The van der Waals surface area contributed by atoms with Crippen molar-refractivity contribution in [3.8, 4) is 0 Å². The number of ether oxygens (including phenoxy) is 4.